The van der Waals surface area contributed by atoms with Gasteiger partial charge in [0.1, 0.15) is 0 Å². The maximum Gasteiger partial charge on any atom is 0.201 e. The van der Waals surface area contributed by atoms with Gasteiger partial charge in [0, 0.05) is 0 Å². The Kier molecular flexibility index (Phi) is 11.0. The number of hydrogen-bond donors (Lipinski definition) is 2. The molecule has 0 amide bonds. The predicted molar refractivity (Wildman–Crippen MR) is 169 cm³/mol. The Balaban J connectivity index is 1.65. The number of allylic oxidation sites excluding steroid dienone is 4. The van der Waals surface area contributed by atoms with Crippen LogP contribution in [0.2, 0.25) is 0 Å². The molecular formula is C38H52O2. The van der Waals surface area contributed by atoms with Crippen molar-refractivity contribution in [2.24, 2.45) is 5.41 Å². The van der Waals surface area contributed by atoms with Crippen molar-refractivity contribution in [2.75, 3.05) is 0 Å². The second-order valence-electron chi connectivity index (χ2n) is 12.4. The molecular weight excluding hydrogens is 488 g/mol. The van der Waals surface area contributed by atoms with E-state index in [4.69, 9.17) is 0 Å². The standard InChI is InChI=1S/C38H52O2/c1-3-5-7-9-11-19-26-36(27-20-12-10-8-6-4-2)28-25-32-31-38(39,40)37(30-33(32)29-36,34-21-15-13-16-22-34)35-23-17-14-18-24-35/h13-18,21-25,28,30-31,39-40H,3-12,19-20,26-27,29H2,1-2H3. The minimum absolute atomic E-state index is 0.142. The van der Waals surface area contributed by atoms with E-state index in [0.717, 1.165) is 23.1 Å². The van der Waals surface area contributed by atoms with Crippen LogP contribution in [-0.2, 0) is 5.41 Å². The molecule has 2 heteroatoms. The van der Waals surface area contributed by atoms with Crippen LogP contribution < -0.4 is 0 Å². The van der Waals surface area contributed by atoms with Gasteiger partial charge in [-0.3, -0.25) is 0 Å². The smallest absolute Gasteiger partial charge is 0.201 e. The van der Waals surface area contributed by atoms with E-state index in [2.05, 4.69) is 32.1 Å². The van der Waals surface area contributed by atoms with E-state index < -0.39 is 11.2 Å². The molecule has 0 heterocycles. The Morgan fingerprint density at radius 2 is 1.07 bits per heavy atom. The lowest BCUT2D eigenvalue weighted by molar-refractivity contribution is -0.152. The van der Waals surface area contributed by atoms with Crippen molar-refractivity contribution in [3.05, 3.63) is 107 Å². The van der Waals surface area contributed by atoms with Gasteiger partial charge in [-0.2, -0.15) is 0 Å². The van der Waals surface area contributed by atoms with E-state index in [1.807, 2.05) is 60.7 Å². The van der Waals surface area contributed by atoms with Gasteiger partial charge < -0.3 is 10.2 Å². The van der Waals surface area contributed by atoms with E-state index in [0.29, 0.717) is 0 Å². The zero-order valence-electron chi connectivity index (χ0n) is 25.1. The molecule has 0 radical (unpaired) electrons. The molecule has 0 bridgehead atoms. The molecule has 0 atom stereocenters. The predicted octanol–water partition coefficient (Wildman–Crippen LogP) is 9.97. The maximum absolute atomic E-state index is 11.7. The summed E-state index contributed by atoms with van der Waals surface area (Å²) in [6.45, 7) is 4.56. The SMILES string of the molecule is CCCCCCCCC1(CCCCCCCC)C=CC2=CC(O)(O)C(c3ccccc3)(c3ccccc3)C=C2C1. The number of aliphatic hydroxyl groups is 2. The van der Waals surface area contributed by atoms with Gasteiger partial charge in [0.15, 0.2) is 0 Å². The Bertz CT molecular complexity index is 1070. The monoisotopic (exact) mass is 540 g/mol. The number of unbranched alkanes of at least 4 members (excludes halogenated alkanes) is 10. The van der Waals surface area contributed by atoms with Crippen molar-refractivity contribution in [3.8, 4) is 0 Å². The number of hydrogen-bond acceptors (Lipinski definition) is 2. The van der Waals surface area contributed by atoms with Gasteiger partial charge in [-0.1, -0.05) is 170 Å². The average molecular weight is 541 g/mol. The van der Waals surface area contributed by atoms with Gasteiger partial charge in [-0.15, -0.1) is 0 Å². The summed E-state index contributed by atoms with van der Waals surface area (Å²) < 4.78 is 0. The van der Waals surface area contributed by atoms with Crippen LogP contribution >= 0.6 is 0 Å². The van der Waals surface area contributed by atoms with Crippen LogP contribution in [0.1, 0.15) is 121 Å². The zero-order chi connectivity index (χ0) is 28.3. The molecule has 2 nitrogen and oxygen atoms in total. The second-order valence-corrected chi connectivity index (χ2v) is 12.4. The van der Waals surface area contributed by atoms with Gasteiger partial charge in [0.25, 0.3) is 0 Å². The largest absolute Gasteiger partial charge is 0.361 e. The lowest BCUT2D eigenvalue weighted by atomic mass is 9.60. The minimum Gasteiger partial charge on any atom is -0.361 e. The molecule has 0 spiro atoms. The summed E-state index contributed by atoms with van der Waals surface area (Å²) in [6, 6.07) is 20.1. The van der Waals surface area contributed by atoms with Crippen molar-refractivity contribution in [2.45, 2.75) is 121 Å². The molecule has 2 aliphatic carbocycles. The minimum atomic E-state index is -2.04. The molecule has 216 valence electrons. The summed E-state index contributed by atoms with van der Waals surface area (Å²) in [5.74, 6) is -2.04. The Morgan fingerprint density at radius 3 is 1.57 bits per heavy atom. The molecule has 2 aromatic rings. The molecule has 2 N–H and O–H groups in total. The summed E-state index contributed by atoms with van der Waals surface area (Å²) >= 11 is 0. The number of benzene rings is 2. The third-order valence-electron chi connectivity index (χ3n) is 9.37. The second kappa shape index (κ2) is 14.5. The van der Waals surface area contributed by atoms with Crippen LogP contribution in [0.25, 0.3) is 0 Å². The molecule has 0 saturated heterocycles. The topological polar surface area (TPSA) is 40.5 Å². The molecule has 0 aliphatic heterocycles. The van der Waals surface area contributed by atoms with Gasteiger partial charge in [0.2, 0.25) is 5.79 Å². The molecule has 2 aromatic carbocycles. The van der Waals surface area contributed by atoms with Crippen LogP contribution in [0.4, 0.5) is 0 Å². The Morgan fingerprint density at radius 1 is 0.600 bits per heavy atom. The third-order valence-corrected chi connectivity index (χ3v) is 9.37. The molecule has 4 rings (SSSR count). The maximum atomic E-state index is 11.7. The first kappa shape index (κ1) is 30.5. The number of fused-ring (bicyclic) bond motifs is 1. The molecule has 40 heavy (non-hydrogen) atoms. The third kappa shape index (κ3) is 7.07. The Hall–Kier alpha value is -2.42. The molecule has 2 aliphatic rings. The lowest BCUT2D eigenvalue weighted by Gasteiger charge is -2.47. The van der Waals surface area contributed by atoms with Gasteiger partial charge in [0.05, 0.1) is 5.41 Å². The van der Waals surface area contributed by atoms with E-state index in [-0.39, 0.29) is 5.41 Å². The summed E-state index contributed by atoms with van der Waals surface area (Å²) in [5, 5.41) is 23.5. The highest BCUT2D eigenvalue weighted by Gasteiger charge is 2.52. The normalized spacial score (nSPS) is 18.6. The summed E-state index contributed by atoms with van der Waals surface area (Å²) in [5.41, 5.74) is 3.11. The fourth-order valence-corrected chi connectivity index (χ4v) is 7.03. The zero-order valence-corrected chi connectivity index (χ0v) is 25.1. The lowest BCUT2D eigenvalue weighted by Crippen LogP contribution is -2.52. The van der Waals surface area contributed by atoms with Crippen LogP contribution in [0.3, 0.4) is 0 Å². The van der Waals surface area contributed by atoms with Crippen LogP contribution in [0, 0.1) is 5.41 Å². The van der Waals surface area contributed by atoms with Gasteiger partial charge in [-0.25, -0.2) is 0 Å². The first-order valence-corrected chi connectivity index (χ1v) is 16.2. The fourth-order valence-electron chi connectivity index (χ4n) is 7.03. The molecule has 0 aromatic heterocycles. The molecule has 0 saturated carbocycles. The molecule has 0 unspecified atom stereocenters. The van der Waals surface area contributed by atoms with Crippen molar-refractivity contribution in [1.82, 2.24) is 0 Å². The van der Waals surface area contributed by atoms with Crippen molar-refractivity contribution >= 4 is 0 Å². The summed E-state index contributed by atoms with van der Waals surface area (Å²) in [6.07, 6.45) is 27.7. The van der Waals surface area contributed by atoms with Crippen LogP contribution in [0.5, 0.6) is 0 Å². The highest BCUT2D eigenvalue weighted by atomic mass is 16.5. The molecule has 0 fully saturated rings. The van der Waals surface area contributed by atoms with E-state index in [1.54, 1.807) is 6.08 Å². The van der Waals surface area contributed by atoms with Gasteiger partial charge in [-0.05, 0) is 53.0 Å². The quantitative estimate of drug-likeness (QED) is 0.164. The Labute approximate surface area is 243 Å². The van der Waals surface area contributed by atoms with E-state index in [9.17, 15) is 10.2 Å². The first-order valence-electron chi connectivity index (χ1n) is 16.2. The first-order chi connectivity index (χ1) is 19.5. The summed E-state index contributed by atoms with van der Waals surface area (Å²) in [7, 11) is 0. The van der Waals surface area contributed by atoms with Crippen LogP contribution in [0.15, 0.2) is 96.1 Å². The highest BCUT2D eigenvalue weighted by Crippen LogP contribution is 2.52. The van der Waals surface area contributed by atoms with Crippen LogP contribution in [-0.4, -0.2) is 16.0 Å². The van der Waals surface area contributed by atoms with Crippen molar-refractivity contribution < 1.29 is 10.2 Å². The van der Waals surface area contributed by atoms with E-state index in [1.165, 1.54) is 95.5 Å². The van der Waals surface area contributed by atoms with Crippen molar-refractivity contribution in [1.29, 1.82) is 0 Å². The van der Waals surface area contributed by atoms with Gasteiger partial charge >= 0.3 is 0 Å². The number of rotatable bonds is 16. The average Bonchev–Trinajstić information content (AvgIpc) is 2.97. The highest BCUT2D eigenvalue weighted by molar-refractivity contribution is 5.59. The van der Waals surface area contributed by atoms with Crippen molar-refractivity contribution in [3.63, 3.8) is 0 Å². The fraction of sp³-hybridized carbons (Fsp3) is 0.526. The van der Waals surface area contributed by atoms with E-state index >= 15 is 0 Å². The summed E-state index contributed by atoms with van der Waals surface area (Å²) in [4.78, 5) is 0.